The first-order valence-electron chi connectivity index (χ1n) is 7.76. The maximum absolute atomic E-state index is 11.9. The minimum Gasteiger partial charge on any atom is -0.355 e. The van der Waals surface area contributed by atoms with Crippen molar-refractivity contribution < 1.29 is 4.79 Å². The second-order valence-electron chi connectivity index (χ2n) is 5.24. The van der Waals surface area contributed by atoms with Gasteiger partial charge in [-0.1, -0.05) is 35.5 Å². The number of benzene rings is 1. The smallest absolute Gasteiger partial charge is 0.230 e. The number of nitrogens with one attached hydrogen (secondary N) is 2. The van der Waals surface area contributed by atoms with E-state index in [1.165, 1.54) is 22.2 Å². The van der Waals surface area contributed by atoms with Gasteiger partial charge in [0.2, 0.25) is 11.1 Å². The molecule has 1 aromatic carbocycles. The standard InChI is InChI=1S/C17H18N4OS3/c1-12-4-6-13(7-5-12)23-10-8-18-15(22)11-25-17-19-16(20-21-17)14-3-2-9-24-14/h2-7,9H,8,10-11H2,1H3,(H,18,22)(H,19,20,21). The van der Waals surface area contributed by atoms with Gasteiger partial charge >= 0.3 is 0 Å². The maximum Gasteiger partial charge on any atom is 0.230 e. The van der Waals surface area contributed by atoms with E-state index in [0.717, 1.165) is 16.5 Å². The Morgan fingerprint density at radius 2 is 2.08 bits per heavy atom. The number of thiophene rings is 1. The third-order valence-electron chi connectivity index (χ3n) is 3.27. The highest BCUT2D eigenvalue weighted by Gasteiger charge is 2.09. The van der Waals surface area contributed by atoms with Gasteiger partial charge in [0.15, 0.2) is 5.82 Å². The molecule has 0 bridgehead atoms. The van der Waals surface area contributed by atoms with Crippen LogP contribution < -0.4 is 5.32 Å². The van der Waals surface area contributed by atoms with E-state index in [2.05, 4.69) is 51.7 Å². The largest absolute Gasteiger partial charge is 0.355 e. The minimum absolute atomic E-state index is 0.00280. The van der Waals surface area contributed by atoms with E-state index in [9.17, 15) is 4.79 Å². The Morgan fingerprint density at radius 1 is 1.24 bits per heavy atom. The molecule has 3 aromatic rings. The molecule has 5 nitrogen and oxygen atoms in total. The van der Waals surface area contributed by atoms with E-state index in [-0.39, 0.29) is 5.91 Å². The quantitative estimate of drug-likeness (QED) is 0.452. The van der Waals surface area contributed by atoms with Gasteiger partial charge in [0.1, 0.15) is 0 Å². The Hall–Kier alpha value is -1.77. The molecule has 0 aliphatic rings. The van der Waals surface area contributed by atoms with Gasteiger partial charge in [-0.2, -0.15) is 0 Å². The van der Waals surface area contributed by atoms with Crippen LogP contribution in [0, 0.1) is 6.92 Å². The molecule has 0 saturated heterocycles. The third kappa shape index (κ3) is 5.62. The molecule has 0 aliphatic carbocycles. The average Bonchev–Trinajstić information content (AvgIpc) is 3.29. The van der Waals surface area contributed by atoms with Crippen molar-refractivity contribution in [1.29, 1.82) is 0 Å². The highest BCUT2D eigenvalue weighted by Crippen LogP contribution is 2.23. The number of nitrogens with zero attached hydrogens (tertiary/aromatic N) is 2. The lowest BCUT2D eigenvalue weighted by Crippen LogP contribution is -2.27. The molecule has 0 radical (unpaired) electrons. The predicted molar refractivity (Wildman–Crippen MR) is 105 cm³/mol. The van der Waals surface area contributed by atoms with E-state index < -0.39 is 0 Å². The van der Waals surface area contributed by atoms with E-state index in [0.29, 0.717) is 17.5 Å². The van der Waals surface area contributed by atoms with Crippen LogP contribution >= 0.6 is 34.9 Å². The van der Waals surface area contributed by atoms with Crippen LogP contribution in [0.5, 0.6) is 0 Å². The van der Waals surface area contributed by atoms with Crippen molar-refractivity contribution >= 4 is 40.8 Å². The number of amides is 1. The fraction of sp³-hybridized carbons (Fsp3) is 0.235. The molecular weight excluding hydrogens is 372 g/mol. The van der Waals surface area contributed by atoms with Gasteiger partial charge in [0.05, 0.1) is 10.6 Å². The van der Waals surface area contributed by atoms with Gasteiger partial charge in [0, 0.05) is 17.2 Å². The van der Waals surface area contributed by atoms with Gasteiger partial charge in [-0.05, 0) is 30.5 Å². The van der Waals surface area contributed by atoms with Crippen molar-refractivity contribution in [3.63, 3.8) is 0 Å². The maximum atomic E-state index is 11.9. The molecular formula is C17H18N4OS3. The minimum atomic E-state index is -0.00280. The highest BCUT2D eigenvalue weighted by molar-refractivity contribution is 7.99. The summed E-state index contributed by atoms with van der Waals surface area (Å²) in [5, 5.41) is 12.5. The number of hydrogen-bond acceptors (Lipinski definition) is 6. The molecule has 0 unspecified atom stereocenters. The van der Waals surface area contributed by atoms with Gasteiger partial charge in [-0.25, -0.2) is 4.98 Å². The second-order valence-corrected chi connectivity index (χ2v) is 8.30. The van der Waals surface area contributed by atoms with Gasteiger partial charge in [-0.3, -0.25) is 9.89 Å². The van der Waals surface area contributed by atoms with Crippen molar-refractivity contribution in [3.05, 3.63) is 47.3 Å². The molecule has 2 N–H and O–H groups in total. The summed E-state index contributed by atoms with van der Waals surface area (Å²) in [6.45, 7) is 2.72. The van der Waals surface area contributed by atoms with Crippen LogP contribution in [-0.4, -0.2) is 39.1 Å². The van der Waals surface area contributed by atoms with E-state index in [1.807, 2.05) is 17.5 Å². The van der Waals surface area contributed by atoms with Crippen LogP contribution in [0.3, 0.4) is 0 Å². The van der Waals surface area contributed by atoms with Gasteiger partial charge in [-0.15, -0.1) is 28.2 Å². The fourth-order valence-corrected chi connectivity index (χ4v) is 4.07. The summed E-state index contributed by atoms with van der Waals surface area (Å²) in [5.41, 5.74) is 1.25. The Balaban J connectivity index is 1.35. The molecule has 0 fully saturated rings. The summed E-state index contributed by atoms with van der Waals surface area (Å²) in [7, 11) is 0. The molecule has 0 aliphatic heterocycles. The summed E-state index contributed by atoms with van der Waals surface area (Å²) in [6.07, 6.45) is 0. The number of carbonyl (C=O) groups excluding carboxylic acids is 1. The zero-order chi connectivity index (χ0) is 17.5. The van der Waals surface area contributed by atoms with Crippen LogP contribution in [0.2, 0.25) is 0 Å². The number of rotatable bonds is 8. The zero-order valence-electron chi connectivity index (χ0n) is 13.7. The first kappa shape index (κ1) is 18.0. The molecule has 130 valence electrons. The number of aromatic nitrogens is 3. The van der Waals surface area contributed by atoms with Crippen molar-refractivity contribution in [2.75, 3.05) is 18.1 Å². The Bertz CT molecular complexity index is 800. The van der Waals surface area contributed by atoms with Crippen LogP contribution in [0.4, 0.5) is 0 Å². The van der Waals surface area contributed by atoms with E-state index >= 15 is 0 Å². The van der Waals surface area contributed by atoms with Gasteiger partial charge in [0.25, 0.3) is 0 Å². The van der Waals surface area contributed by atoms with E-state index in [4.69, 9.17) is 0 Å². The SMILES string of the molecule is Cc1ccc(SCCNC(=O)CSc2n[nH]c(-c3cccs3)n2)cc1. The topological polar surface area (TPSA) is 70.7 Å². The first-order chi connectivity index (χ1) is 12.2. The Morgan fingerprint density at radius 3 is 2.84 bits per heavy atom. The molecule has 25 heavy (non-hydrogen) atoms. The van der Waals surface area contributed by atoms with Crippen molar-refractivity contribution in [2.45, 2.75) is 17.0 Å². The molecule has 0 saturated carbocycles. The summed E-state index contributed by atoms with van der Waals surface area (Å²) < 4.78 is 0. The number of thioether (sulfide) groups is 2. The van der Waals surface area contributed by atoms with Gasteiger partial charge < -0.3 is 5.32 Å². The monoisotopic (exact) mass is 390 g/mol. The second kappa shape index (κ2) is 9.07. The number of aryl methyl sites for hydroxylation is 1. The predicted octanol–water partition coefficient (Wildman–Crippen LogP) is 3.84. The number of H-pyrrole nitrogens is 1. The molecule has 1 amide bonds. The number of hydrogen-bond donors (Lipinski definition) is 2. The third-order valence-corrected chi connectivity index (χ3v) is 6.00. The average molecular weight is 391 g/mol. The van der Waals surface area contributed by atoms with Crippen LogP contribution in [0.1, 0.15) is 5.56 Å². The molecule has 0 spiro atoms. The molecule has 0 atom stereocenters. The normalized spacial score (nSPS) is 10.8. The fourth-order valence-electron chi connectivity index (χ4n) is 2.01. The lowest BCUT2D eigenvalue weighted by Gasteiger charge is -2.04. The molecule has 8 heteroatoms. The van der Waals surface area contributed by atoms with Crippen LogP contribution in [0.15, 0.2) is 51.8 Å². The molecule has 3 rings (SSSR count). The van der Waals surface area contributed by atoms with Crippen LogP contribution in [0.25, 0.3) is 10.7 Å². The summed E-state index contributed by atoms with van der Waals surface area (Å²) in [5.74, 6) is 1.91. The first-order valence-corrected chi connectivity index (χ1v) is 10.6. The van der Waals surface area contributed by atoms with Crippen molar-refractivity contribution in [1.82, 2.24) is 20.5 Å². The van der Waals surface area contributed by atoms with Crippen LogP contribution in [-0.2, 0) is 4.79 Å². The summed E-state index contributed by atoms with van der Waals surface area (Å²) in [6, 6.07) is 12.4. The molecule has 2 heterocycles. The highest BCUT2D eigenvalue weighted by atomic mass is 32.2. The number of carbonyl (C=O) groups is 1. The summed E-state index contributed by atoms with van der Waals surface area (Å²) >= 11 is 4.67. The number of aromatic amines is 1. The lowest BCUT2D eigenvalue weighted by molar-refractivity contribution is -0.118. The Labute approximate surface area is 159 Å². The summed E-state index contributed by atoms with van der Waals surface area (Å²) in [4.78, 5) is 18.6. The Kier molecular flexibility index (Phi) is 6.55. The van der Waals surface area contributed by atoms with E-state index in [1.54, 1.807) is 23.1 Å². The molecule has 2 aromatic heterocycles. The van der Waals surface area contributed by atoms with Crippen molar-refractivity contribution in [2.24, 2.45) is 0 Å². The van der Waals surface area contributed by atoms with Crippen molar-refractivity contribution in [3.8, 4) is 10.7 Å². The lowest BCUT2D eigenvalue weighted by atomic mass is 10.2. The zero-order valence-corrected chi connectivity index (χ0v) is 16.1.